The number of nitrogens with two attached hydrogens (primary N) is 1. The number of hydrogen-bond acceptors (Lipinski definition) is 6. The lowest BCUT2D eigenvalue weighted by Gasteiger charge is -1.98. The molecule has 0 atom stereocenters. The topological polar surface area (TPSA) is 80.9 Å². The number of carbonyl (C=O) groups is 1. The Morgan fingerprint density at radius 3 is 2.94 bits per heavy atom. The van der Waals surface area contributed by atoms with Crippen LogP contribution in [-0.2, 0) is 6.42 Å². The third-order valence-corrected chi connectivity index (χ3v) is 3.80. The van der Waals surface area contributed by atoms with Crippen molar-refractivity contribution in [3.63, 3.8) is 0 Å². The molecule has 2 aromatic heterocycles. The maximum Gasteiger partial charge on any atom is 0.269 e. The molecule has 0 aliphatic rings. The van der Waals surface area contributed by atoms with E-state index in [1.54, 1.807) is 11.4 Å². The molecule has 0 aliphatic heterocycles. The number of nitrogens with zero attached hydrogens (tertiary/aromatic N) is 2. The third-order valence-electron chi connectivity index (χ3n) is 1.89. The fourth-order valence-electron chi connectivity index (χ4n) is 1.10. The Morgan fingerprint density at radius 2 is 2.38 bits per heavy atom. The van der Waals surface area contributed by atoms with Crippen LogP contribution in [0.4, 0.5) is 10.8 Å². The van der Waals surface area contributed by atoms with E-state index in [9.17, 15) is 4.79 Å². The molecule has 0 saturated heterocycles. The summed E-state index contributed by atoms with van der Waals surface area (Å²) in [5, 5.41) is 13.6. The first-order chi connectivity index (χ1) is 7.70. The van der Waals surface area contributed by atoms with Gasteiger partial charge in [0.25, 0.3) is 5.91 Å². The van der Waals surface area contributed by atoms with E-state index < -0.39 is 0 Å². The zero-order valence-corrected chi connectivity index (χ0v) is 10.2. The molecule has 2 aromatic rings. The van der Waals surface area contributed by atoms with Crippen molar-refractivity contribution in [2.75, 3.05) is 11.1 Å². The molecule has 1 amide bonds. The van der Waals surface area contributed by atoms with Gasteiger partial charge in [0.1, 0.15) is 9.88 Å². The van der Waals surface area contributed by atoms with Crippen molar-refractivity contribution in [2.24, 2.45) is 0 Å². The molecule has 3 N–H and O–H groups in total. The van der Waals surface area contributed by atoms with Crippen LogP contribution >= 0.6 is 22.7 Å². The van der Waals surface area contributed by atoms with E-state index in [0.717, 1.165) is 11.4 Å². The molecular formula is C9H10N4OS2. The number of aromatic nitrogens is 2. The SMILES string of the molecule is CCc1nnc(NC(=O)c2sccc2N)s1. The molecule has 0 radical (unpaired) electrons. The molecule has 0 unspecified atom stereocenters. The summed E-state index contributed by atoms with van der Waals surface area (Å²) in [5.74, 6) is -0.230. The van der Waals surface area contributed by atoms with Crippen molar-refractivity contribution in [2.45, 2.75) is 13.3 Å². The van der Waals surface area contributed by atoms with Gasteiger partial charge in [-0.2, -0.15) is 0 Å². The van der Waals surface area contributed by atoms with Crippen molar-refractivity contribution < 1.29 is 4.79 Å². The summed E-state index contributed by atoms with van der Waals surface area (Å²) in [5.41, 5.74) is 6.13. The monoisotopic (exact) mass is 254 g/mol. The van der Waals surface area contributed by atoms with Gasteiger partial charge >= 0.3 is 0 Å². The van der Waals surface area contributed by atoms with Crippen LogP contribution in [-0.4, -0.2) is 16.1 Å². The minimum atomic E-state index is -0.230. The van der Waals surface area contributed by atoms with Crippen LogP contribution in [0.2, 0.25) is 0 Å². The first-order valence-corrected chi connectivity index (χ1v) is 6.37. The minimum Gasteiger partial charge on any atom is -0.397 e. The average Bonchev–Trinajstić information content (AvgIpc) is 2.86. The highest BCUT2D eigenvalue weighted by Crippen LogP contribution is 2.22. The zero-order valence-electron chi connectivity index (χ0n) is 8.56. The predicted molar refractivity (Wildman–Crippen MR) is 66.0 cm³/mol. The lowest BCUT2D eigenvalue weighted by atomic mass is 10.4. The van der Waals surface area contributed by atoms with Crippen LogP contribution in [0.1, 0.15) is 21.6 Å². The molecule has 0 aromatic carbocycles. The number of amides is 1. The lowest BCUT2D eigenvalue weighted by Crippen LogP contribution is -2.11. The van der Waals surface area contributed by atoms with E-state index >= 15 is 0 Å². The van der Waals surface area contributed by atoms with Crippen molar-refractivity contribution in [1.29, 1.82) is 0 Å². The molecule has 7 heteroatoms. The number of rotatable bonds is 3. The van der Waals surface area contributed by atoms with Crippen molar-refractivity contribution >= 4 is 39.4 Å². The second-order valence-corrected chi connectivity index (χ2v) is 4.99. The van der Waals surface area contributed by atoms with E-state index in [4.69, 9.17) is 5.73 Å². The van der Waals surface area contributed by atoms with Gasteiger partial charge in [-0.25, -0.2) is 0 Å². The van der Waals surface area contributed by atoms with Crippen LogP contribution in [0, 0.1) is 0 Å². The maximum atomic E-state index is 11.8. The van der Waals surface area contributed by atoms with Crippen LogP contribution in [0.25, 0.3) is 0 Å². The molecule has 16 heavy (non-hydrogen) atoms. The van der Waals surface area contributed by atoms with Crippen molar-refractivity contribution in [3.05, 3.63) is 21.3 Å². The van der Waals surface area contributed by atoms with Gasteiger partial charge in [0.2, 0.25) is 5.13 Å². The summed E-state index contributed by atoms with van der Waals surface area (Å²) in [6.45, 7) is 1.99. The van der Waals surface area contributed by atoms with Gasteiger partial charge in [0.15, 0.2) is 0 Å². The zero-order chi connectivity index (χ0) is 11.5. The predicted octanol–water partition coefficient (Wildman–Crippen LogP) is 2.00. The Morgan fingerprint density at radius 1 is 1.56 bits per heavy atom. The summed E-state index contributed by atoms with van der Waals surface area (Å²) in [4.78, 5) is 12.3. The number of nitrogen functional groups attached to an aromatic ring is 1. The molecule has 84 valence electrons. The van der Waals surface area contributed by atoms with E-state index in [2.05, 4.69) is 15.5 Å². The smallest absolute Gasteiger partial charge is 0.269 e. The molecule has 0 spiro atoms. The number of hydrogen-bond donors (Lipinski definition) is 2. The van der Waals surface area contributed by atoms with Gasteiger partial charge < -0.3 is 5.73 Å². The number of anilines is 2. The van der Waals surface area contributed by atoms with Gasteiger partial charge in [-0.1, -0.05) is 18.3 Å². The normalized spacial score (nSPS) is 10.3. The highest BCUT2D eigenvalue weighted by atomic mass is 32.1. The van der Waals surface area contributed by atoms with Gasteiger partial charge in [-0.05, 0) is 17.9 Å². The molecule has 5 nitrogen and oxygen atoms in total. The molecule has 0 aliphatic carbocycles. The van der Waals surface area contributed by atoms with E-state index in [1.165, 1.54) is 22.7 Å². The second kappa shape index (κ2) is 4.58. The summed E-state index contributed by atoms with van der Waals surface area (Å²) < 4.78 is 0. The van der Waals surface area contributed by atoms with Crippen molar-refractivity contribution in [3.8, 4) is 0 Å². The minimum absolute atomic E-state index is 0.230. The van der Waals surface area contributed by atoms with Crippen LogP contribution in [0.3, 0.4) is 0 Å². The first-order valence-electron chi connectivity index (χ1n) is 4.67. The quantitative estimate of drug-likeness (QED) is 0.877. The van der Waals surface area contributed by atoms with Gasteiger partial charge in [0, 0.05) is 0 Å². The summed E-state index contributed by atoms with van der Waals surface area (Å²) in [7, 11) is 0. The number of carbonyl (C=O) groups excluding carboxylic acids is 1. The molecule has 0 bridgehead atoms. The highest BCUT2D eigenvalue weighted by molar-refractivity contribution is 7.15. The summed E-state index contributed by atoms with van der Waals surface area (Å²) in [6, 6.07) is 1.71. The van der Waals surface area contributed by atoms with E-state index in [1.807, 2.05) is 6.92 Å². The van der Waals surface area contributed by atoms with E-state index in [0.29, 0.717) is 15.7 Å². The van der Waals surface area contributed by atoms with Gasteiger partial charge in [-0.15, -0.1) is 21.5 Å². The second-order valence-electron chi connectivity index (χ2n) is 3.01. The average molecular weight is 254 g/mol. The number of thiophene rings is 1. The Kier molecular flexibility index (Phi) is 3.16. The Bertz CT molecular complexity index is 505. The number of nitrogens with one attached hydrogen (secondary N) is 1. The maximum absolute atomic E-state index is 11.8. The fourth-order valence-corrected chi connectivity index (χ4v) is 2.49. The third kappa shape index (κ3) is 2.20. The van der Waals surface area contributed by atoms with Gasteiger partial charge in [0.05, 0.1) is 5.69 Å². The molecule has 0 fully saturated rings. The largest absolute Gasteiger partial charge is 0.397 e. The van der Waals surface area contributed by atoms with Crippen LogP contribution < -0.4 is 11.1 Å². The molecular weight excluding hydrogens is 244 g/mol. The van der Waals surface area contributed by atoms with Crippen LogP contribution in [0.5, 0.6) is 0 Å². The fraction of sp³-hybridized carbons (Fsp3) is 0.222. The first kappa shape index (κ1) is 11.0. The number of aryl methyl sites for hydroxylation is 1. The van der Waals surface area contributed by atoms with Crippen molar-refractivity contribution in [1.82, 2.24) is 10.2 Å². The van der Waals surface area contributed by atoms with E-state index in [-0.39, 0.29) is 5.91 Å². The standard InChI is InChI=1S/C9H10N4OS2/c1-2-6-12-13-9(16-6)11-8(14)7-5(10)3-4-15-7/h3-4H,2,10H2,1H3,(H,11,13,14). The molecule has 2 heterocycles. The summed E-state index contributed by atoms with van der Waals surface area (Å²) >= 11 is 2.68. The Balaban J connectivity index is 2.11. The van der Waals surface area contributed by atoms with Gasteiger partial charge in [-0.3, -0.25) is 10.1 Å². The van der Waals surface area contributed by atoms with Crippen LogP contribution in [0.15, 0.2) is 11.4 Å². The molecule has 0 saturated carbocycles. The molecule has 2 rings (SSSR count). The summed E-state index contributed by atoms with van der Waals surface area (Å²) in [6.07, 6.45) is 0.814. The Labute approximate surface area is 100 Å². The Hall–Kier alpha value is -1.47. The lowest BCUT2D eigenvalue weighted by molar-refractivity contribution is 0.103. The highest BCUT2D eigenvalue weighted by Gasteiger charge is 2.13.